The van der Waals surface area contributed by atoms with E-state index in [1.54, 1.807) is 32.9 Å². The van der Waals surface area contributed by atoms with Crippen molar-refractivity contribution in [3.63, 3.8) is 0 Å². The van der Waals surface area contributed by atoms with E-state index in [1.165, 1.54) is 59.1 Å². The third-order valence-corrected chi connectivity index (χ3v) is 23.2. The van der Waals surface area contributed by atoms with E-state index in [1.807, 2.05) is 162 Å². The predicted octanol–water partition coefficient (Wildman–Crippen LogP) is 17.4. The molecule has 8 nitrogen and oxygen atoms in total. The molecule has 12 aromatic rings. The fraction of sp³-hybridized carbons (Fsp3) is 0.185. The van der Waals surface area contributed by atoms with Gasteiger partial charge >= 0.3 is 0 Å². The summed E-state index contributed by atoms with van der Waals surface area (Å²) in [5, 5.41) is 11.7. The van der Waals surface area contributed by atoms with Crippen LogP contribution in [0.25, 0.3) is 25.0 Å². The Morgan fingerprint density at radius 2 is 0.780 bits per heavy atom. The van der Waals surface area contributed by atoms with Gasteiger partial charge in [-0.05, 0) is 212 Å². The Kier molecular flexibility index (Phi) is 12.9. The van der Waals surface area contributed by atoms with Gasteiger partial charge in [0.15, 0.2) is 40.6 Å². The average Bonchev–Trinajstić information content (AvgIpc) is 0.972. The molecular formula is C81H58B3F6N5O3S2. The standard InChI is InChI=1S/C81H58B3F6N5O3S2/c1-37-18-60-69-64(21-37)96-63-35-59-49(84-71-62(95(59)74-55(89)29-43(30-56(74)90)81(10,11)12)20-39(3)23-66(71)98-76-46-31-44(92-13)15-17-68(46)100-78(76)84)33-50(63)82(69)47-32-48-58(34-57(47)93(60)72-51(85)25-41(26-52(72)86)79(4,5)6)94(73-53(87)27-42(28-54(73)88)80(7,8)9)61-19-38(2)22-65-70(61)83(48)77-75(97-65)45-24-40(36-91)14-16-67(45)99-77/h14-35H,1-12H3. The molecular weight excluding hydrogens is 1300 g/mol. The van der Waals surface area contributed by atoms with E-state index in [-0.39, 0.29) is 17.1 Å². The van der Waals surface area contributed by atoms with E-state index in [9.17, 15) is 5.26 Å². The lowest BCUT2D eigenvalue weighted by atomic mass is 9.30. The number of hydrogen-bond donors (Lipinski definition) is 0. The number of ether oxygens (including phenoxy) is 3. The van der Waals surface area contributed by atoms with Gasteiger partial charge in [-0.15, -0.1) is 22.7 Å². The zero-order chi connectivity index (χ0) is 69.7. The van der Waals surface area contributed by atoms with Crippen LogP contribution in [0.2, 0.25) is 0 Å². The molecule has 0 aliphatic carbocycles. The van der Waals surface area contributed by atoms with E-state index >= 15 is 26.3 Å². The van der Waals surface area contributed by atoms with Gasteiger partial charge in [0.1, 0.15) is 51.6 Å². The second kappa shape index (κ2) is 20.9. The van der Waals surface area contributed by atoms with E-state index in [0.717, 1.165) is 29.9 Å². The molecule has 0 amide bonds. The van der Waals surface area contributed by atoms with Gasteiger partial charge < -0.3 is 28.9 Å². The fourth-order valence-corrected chi connectivity index (χ4v) is 18.5. The summed E-state index contributed by atoms with van der Waals surface area (Å²) in [6.45, 7) is 28.5. The van der Waals surface area contributed by atoms with Crippen molar-refractivity contribution in [1.82, 2.24) is 0 Å². The van der Waals surface area contributed by atoms with E-state index in [4.69, 9.17) is 20.8 Å². The van der Waals surface area contributed by atoms with Crippen LogP contribution in [0.1, 0.15) is 101 Å². The number of thiophene rings is 2. The minimum absolute atomic E-state index is 0.289. The first kappa shape index (κ1) is 62.0. The highest BCUT2D eigenvalue weighted by Gasteiger charge is 2.52. The maximum absolute atomic E-state index is 18.2. The summed E-state index contributed by atoms with van der Waals surface area (Å²) in [5.41, 5.74) is 7.75. The molecule has 0 spiro atoms. The Balaban J connectivity index is 0.974. The SMILES string of the molecule is [C-]#[N+]c1ccc2sc3c(c2c1)Oc1cc(C)cc2c1B3c1cc3c(cc1N2c1c(F)cc(C(C)(C)C)cc1F)Oc1cc(C)cc2c1B3c1cc3c(cc1N2c1c(F)cc(C(C)(C)C)cc1F)N(c1c(F)cc(C(C)(C)C)cc1F)c1cc(C)cc2c1B3c1sc3ccc(C#N)cc3c1O2. The molecule has 19 heteroatoms. The number of halogens is 6. The molecule has 6 aliphatic rings. The lowest BCUT2D eigenvalue weighted by Gasteiger charge is -2.45. The minimum atomic E-state index is -0.863. The second-order valence-electron chi connectivity index (χ2n) is 30.4. The Morgan fingerprint density at radius 3 is 1.19 bits per heavy atom. The maximum Gasteiger partial charge on any atom is 0.268 e. The smallest absolute Gasteiger partial charge is 0.268 e. The van der Waals surface area contributed by atoms with Crippen LogP contribution in [-0.2, 0) is 16.2 Å². The van der Waals surface area contributed by atoms with Gasteiger partial charge in [-0.25, -0.2) is 31.2 Å². The lowest BCUT2D eigenvalue weighted by molar-refractivity contribution is 0.487. The van der Waals surface area contributed by atoms with Crippen LogP contribution in [0.15, 0.2) is 133 Å². The maximum atomic E-state index is 18.2. The molecule has 0 fully saturated rings. The van der Waals surface area contributed by atoms with Crippen molar-refractivity contribution in [3.8, 4) is 40.6 Å². The van der Waals surface area contributed by atoms with Crippen molar-refractivity contribution in [2.24, 2.45) is 0 Å². The predicted molar refractivity (Wildman–Crippen MR) is 396 cm³/mol. The molecule has 0 atom stereocenters. The number of anilines is 9. The molecule has 0 bridgehead atoms. The number of nitriles is 1. The minimum Gasteiger partial charge on any atom is -0.458 e. The zero-order valence-electron chi connectivity index (χ0n) is 56.5. The van der Waals surface area contributed by atoms with E-state index < -0.39 is 77.0 Å². The number of hydrogen-bond acceptors (Lipinski definition) is 9. The van der Waals surface area contributed by atoms with Gasteiger partial charge in [0.2, 0.25) is 0 Å². The molecule has 0 unspecified atom stereocenters. The highest BCUT2D eigenvalue weighted by molar-refractivity contribution is 7.34. The summed E-state index contributed by atoms with van der Waals surface area (Å²) in [4.78, 5) is 8.61. The van der Waals surface area contributed by atoms with Gasteiger partial charge in [0.05, 0.1) is 18.2 Å². The van der Waals surface area contributed by atoms with Crippen LogP contribution < -0.4 is 76.7 Å². The van der Waals surface area contributed by atoms with Crippen molar-refractivity contribution in [3.05, 3.63) is 219 Å². The lowest BCUT2D eigenvalue weighted by Crippen LogP contribution is -2.65. The topological polar surface area (TPSA) is 65.6 Å². The number of nitrogens with zero attached hydrogens (tertiary/aromatic N) is 5. The highest BCUT2D eigenvalue weighted by Crippen LogP contribution is 2.53. The fourth-order valence-electron chi connectivity index (χ4n) is 16.0. The molecule has 0 N–H and O–H groups in total. The van der Waals surface area contributed by atoms with Crippen molar-refractivity contribution in [2.45, 2.75) is 99.3 Å². The monoisotopic (exact) mass is 1360 g/mol. The molecule has 100 heavy (non-hydrogen) atoms. The second-order valence-corrected chi connectivity index (χ2v) is 32.6. The summed E-state index contributed by atoms with van der Waals surface area (Å²) in [6, 6.07) is 40.6. The summed E-state index contributed by atoms with van der Waals surface area (Å²) in [7, 11) is 0. The molecule has 0 radical (unpaired) electrons. The quantitative estimate of drug-likeness (QED) is 0.0992. The highest BCUT2D eigenvalue weighted by atomic mass is 32.1. The van der Waals surface area contributed by atoms with Gasteiger partial charge in [-0.2, -0.15) is 5.26 Å². The van der Waals surface area contributed by atoms with Gasteiger partial charge in [0.25, 0.3) is 20.1 Å². The van der Waals surface area contributed by atoms with Crippen molar-refractivity contribution >= 4 is 168 Å². The normalized spacial score (nSPS) is 14.2. The molecule has 488 valence electrons. The molecule has 0 saturated heterocycles. The molecule has 8 heterocycles. The Labute approximate surface area is 583 Å². The third kappa shape index (κ3) is 8.79. The molecule has 10 aromatic carbocycles. The van der Waals surface area contributed by atoms with Crippen LogP contribution in [0.3, 0.4) is 0 Å². The van der Waals surface area contributed by atoms with Gasteiger partial charge in [-0.3, -0.25) is 0 Å². The summed E-state index contributed by atoms with van der Waals surface area (Å²) >= 11 is 2.99. The zero-order valence-corrected chi connectivity index (χ0v) is 58.1. The summed E-state index contributed by atoms with van der Waals surface area (Å²) in [6.07, 6.45) is 0. The molecule has 6 aliphatic heterocycles. The van der Waals surface area contributed by atoms with Crippen LogP contribution >= 0.6 is 22.7 Å². The Hall–Kier alpha value is -10.3. The van der Waals surface area contributed by atoms with Crippen LogP contribution in [0, 0.1) is 73.6 Å². The van der Waals surface area contributed by atoms with E-state index in [2.05, 4.69) is 10.9 Å². The number of rotatable bonds is 3. The first-order chi connectivity index (χ1) is 47.5. The Morgan fingerprint density at radius 1 is 0.410 bits per heavy atom. The van der Waals surface area contributed by atoms with Gasteiger partial charge in [-0.1, -0.05) is 86.6 Å². The van der Waals surface area contributed by atoms with Crippen LogP contribution in [0.5, 0.6) is 34.5 Å². The Bertz CT molecular complexity index is 5820. The van der Waals surface area contributed by atoms with Crippen molar-refractivity contribution in [1.29, 1.82) is 5.26 Å². The first-order valence-electron chi connectivity index (χ1n) is 33.2. The molecule has 0 saturated carbocycles. The first-order valence-corrected chi connectivity index (χ1v) is 34.8. The van der Waals surface area contributed by atoms with Gasteiger partial charge in [0, 0.05) is 69.9 Å². The number of benzene rings is 10. The summed E-state index contributed by atoms with van der Waals surface area (Å²) in [5.74, 6) is -2.32. The molecule has 18 rings (SSSR count). The van der Waals surface area contributed by atoms with Crippen LogP contribution in [-0.4, -0.2) is 20.1 Å². The summed E-state index contributed by atoms with van der Waals surface area (Å²) < 4.78 is 133. The average molecular weight is 1360 g/mol. The van der Waals surface area contributed by atoms with Crippen molar-refractivity contribution < 1.29 is 40.6 Å². The van der Waals surface area contributed by atoms with Crippen molar-refractivity contribution in [2.75, 3.05) is 14.7 Å². The third-order valence-electron chi connectivity index (χ3n) is 20.7. The van der Waals surface area contributed by atoms with E-state index in [0.29, 0.717) is 146 Å². The largest absolute Gasteiger partial charge is 0.458 e. The molecule has 2 aromatic heterocycles. The number of fused-ring (bicyclic) bond motifs is 16. The van der Waals surface area contributed by atoms with Crippen LogP contribution in [0.4, 0.5) is 83.2 Å². The number of aryl methyl sites for hydroxylation is 3.